The van der Waals surface area contributed by atoms with Crippen molar-refractivity contribution in [3.63, 3.8) is 0 Å². The Labute approximate surface area is 176 Å². The van der Waals surface area contributed by atoms with Crippen molar-refractivity contribution in [2.75, 3.05) is 6.61 Å². The molecule has 0 aromatic heterocycles. The van der Waals surface area contributed by atoms with Crippen LogP contribution in [0.3, 0.4) is 0 Å². The first-order valence-electron chi connectivity index (χ1n) is 11.2. The van der Waals surface area contributed by atoms with Crippen molar-refractivity contribution in [2.24, 2.45) is 0 Å². The number of carbonyl (C=O) groups excluding carboxylic acids is 2. The van der Waals surface area contributed by atoms with Gasteiger partial charge in [-0.2, -0.15) is 0 Å². The first kappa shape index (κ1) is 25.0. The molecule has 0 bridgehead atoms. The molecule has 1 rings (SSSR count). The van der Waals surface area contributed by atoms with Gasteiger partial charge in [-0.3, -0.25) is 0 Å². The van der Waals surface area contributed by atoms with Gasteiger partial charge in [0.05, 0.1) is 12.7 Å². The summed E-state index contributed by atoms with van der Waals surface area (Å²) in [5.74, 6) is -1.34. The van der Waals surface area contributed by atoms with Gasteiger partial charge < -0.3 is 14.2 Å². The predicted octanol–water partition coefficient (Wildman–Crippen LogP) is 6.23. The zero-order chi connectivity index (χ0) is 21.3. The maximum absolute atomic E-state index is 11.9. The topological polar surface area (TPSA) is 61.8 Å². The zero-order valence-corrected chi connectivity index (χ0v) is 18.4. The minimum Gasteiger partial charge on any atom is -0.487 e. The Balaban J connectivity index is 2.11. The number of hydrogen-bond donors (Lipinski definition) is 0. The van der Waals surface area contributed by atoms with Crippen molar-refractivity contribution in [1.82, 2.24) is 0 Å². The lowest BCUT2D eigenvalue weighted by Gasteiger charge is -2.13. The van der Waals surface area contributed by atoms with Gasteiger partial charge in [0.1, 0.15) is 0 Å². The normalized spacial score (nSPS) is 10.8. The average molecular weight is 407 g/mol. The Morgan fingerprint density at radius 2 is 1.28 bits per heavy atom. The molecule has 1 aromatic carbocycles. The molecule has 0 aliphatic carbocycles. The number of unbranched alkanes of at least 4 members (excludes halogenated alkanes) is 10. The molecule has 5 heteroatoms. The molecule has 0 saturated heterocycles. The molecule has 0 aliphatic rings. The average Bonchev–Trinajstić information content (AvgIpc) is 2.69. The summed E-state index contributed by atoms with van der Waals surface area (Å²) in [6.45, 7) is 6.23. The molecule has 0 radical (unpaired) electrons. The van der Waals surface area contributed by atoms with Gasteiger partial charge in [-0.15, -0.1) is 0 Å². The Morgan fingerprint density at radius 1 is 0.759 bits per heavy atom. The number of ether oxygens (including phenoxy) is 3. The van der Waals surface area contributed by atoms with Gasteiger partial charge in [-0.25, -0.2) is 9.59 Å². The maximum atomic E-state index is 11.9. The van der Waals surface area contributed by atoms with E-state index in [4.69, 9.17) is 14.2 Å². The van der Waals surface area contributed by atoms with Crippen LogP contribution in [0.4, 0.5) is 0 Å². The number of rotatable bonds is 15. The number of hydrogen-bond acceptors (Lipinski definition) is 5. The summed E-state index contributed by atoms with van der Waals surface area (Å²) in [7, 11) is 0. The van der Waals surface area contributed by atoms with Crippen LogP contribution in [0.5, 0.6) is 11.5 Å². The van der Waals surface area contributed by atoms with Gasteiger partial charge in [0.15, 0.2) is 11.5 Å². The second-order valence-electron chi connectivity index (χ2n) is 7.67. The highest BCUT2D eigenvalue weighted by molar-refractivity contribution is 6.30. The van der Waals surface area contributed by atoms with E-state index >= 15 is 0 Å². The molecule has 29 heavy (non-hydrogen) atoms. The van der Waals surface area contributed by atoms with Crippen molar-refractivity contribution in [3.8, 4) is 11.5 Å². The van der Waals surface area contributed by atoms with E-state index in [1.807, 2.05) is 13.8 Å². The van der Waals surface area contributed by atoms with Gasteiger partial charge >= 0.3 is 11.9 Å². The molecule has 5 nitrogen and oxygen atoms in total. The molecule has 0 atom stereocenters. The lowest BCUT2D eigenvalue weighted by Crippen LogP contribution is -2.23. The van der Waals surface area contributed by atoms with Crippen LogP contribution in [0.1, 0.15) is 91.4 Å². The molecule has 0 heterocycles. The predicted molar refractivity (Wildman–Crippen MR) is 115 cm³/mol. The van der Waals surface area contributed by atoms with Crippen LogP contribution in [0.2, 0.25) is 0 Å². The van der Waals surface area contributed by atoms with Crippen molar-refractivity contribution in [2.45, 2.75) is 97.5 Å². The summed E-state index contributed by atoms with van der Waals surface area (Å²) in [5.41, 5.74) is 0. The highest BCUT2D eigenvalue weighted by atomic mass is 16.6. The fourth-order valence-electron chi connectivity index (χ4n) is 3.02. The third-order valence-corrected chi connectivity index (χ3v) is 4.56. The van der Waals surface area contributed by atoms with E-state index in [0.29, 0.717) is 5.75 Å². The van der Waals surface area contributed by atoms with Crippen LogP contribution >= 0.6 is 0 Å². The van der Waals surface area contributed by atoms with Crippen molar-refractivity contribution < 1.29 is 23.8 Å². The largest absolute Gasteiger partial charge is 0.487 e. The third kappa shape index (κ3) is 12.2. The molecule has 0 unspecified atom stereocenters. The van der Waals surface area contributed by atoms with Gasteiger partial charge in [-0.1, -0.05) is 83.3 Å². The molecule has 0 N–H and O–H groups in total. The lowest BCUT2D eigenvalue weighted by atomic mass is 10.1. The zero-order valence-electron chi connectivity index (χ0n) is 18.4. The van der Waals surface area contributed by atoms with Crippen LogP contribution in [0, 0.1) is 0 Å². The number of carbonyl (C=O) groups is 2. The number of para-hydroxylation sites is 2. The van der Waals surface area contributed by atoms with Gasteiger partial charge in [0.25, 0.3) is 0 Å². The number of esters is 2. The summed E-state index contributed by atoms with van der Waals surface area (Å²) in [4.78, 5) is 23.8. The van der Waals surface area contributed by atoms with Crippen LogP contribution in [0.25, 0.3) is 0 Å². The van der Waals surface area contributed by atoms with Crippen molar-refractivity contribution in [3.05, 3.63) is 24.3 Å². The molecule has 164 valence electrons. The van der Waals surface area contributed by atoms with E-state index < -0.39 is 11.9 Å². The molecule has 0 amide bonds. The van der Waals surface area contributed by atoms with E-state index in [1.165, 1.54) is 51.4 Å². The monoisotopic (exact) mass is 406 g/mol. The molecular weight excluding hydrogens is 368 g/mol. The SMILES string of the molecule is CCCCCCCCCCCCCOC(=O)C(=O)Oc1ccccc1OC(C)C. The first-order chi connectivity index (χ1) is 14.0. The summed E-state index contributed by atoms with van der Waals surface area (Å²) in [5, 5.41) is 0. The fourth-order valence-corrected chi connectivity index (χ4v) is 3.02. The fraction of sp³-hybridized carbons (Fsp3) is 0.667. The smallest absolute Gasteiger partial charge is 0.422 e. The van der Waals surface area contributed by atoms with Gasteiger partial charge in [-0.05, 0) is 32.4 Å². The molecular formula is C24H38O5. The van der Waals surface area contributed by atoms with E-state index in [2.05, 4.69) is 6.92 Å². The summed E-state index contributed by atoms with van der Waals surface area (Å²) in [6.07, 6.45) is 13.3. The quantitative estimate of drug-likeness (QED) is 0.149. The maximum Gasteiger partial charge on any atom is 0.422 e. The van der Waals surface area contributed by atoms with E-state index in [-0.39, 0.29) is 18.5 Å². The van der Waals surface area contributed by atoms with E-state index in [1.54, 1.807) is 24.3 Å². The Hall–Kier alpha value is -2.04. The van der Waals surface area contributed by atoms with Gasteiger partial charge in [0, 0.05) is 0 Å². The van der Waals surface area contributed by atoms with Crippen LogP contribution in [-0.2, 0) is 14.3 Å². The Kier molecular flexibility index (Phi) is 13.6. The molecule has 0 spiro atoms. The van der Waals surface area contributed by atoms with Crippen LogP contribution in [-0.4, -0.2) is 24.6 Å². The third-order valence-electron chi connectivity index (χ3n) is 4.56. The molecule has 1 aromatic rings. The second-order valence-corrected chi connectivity index (χ2v) is 7.67. The van der Waals surface area contributed by atoms with E-state index in [9.17, 15) is 9.59 Å². The number of benzene rings is 1. The van der Waals surface area contributed by atoms with Crippen molar-refractivity contribution in [1.29, 1.82) is 0 Å². The summed E-state index contributed by atoms with van der Waals surface area (Å²) < 4.78 is 15.7. The second kappa shape index (κ2) is 15.8. The standard InChI is InChI=1S/C24H38O5/c1-4-5-6-7-8-9-10-11-12-13-16-19-27-23(25)24(26)29-22-18-15-14-17-21(22)28-20(2)3/h14-15,17-18,20H,4-13,16,19H2,1-3H3. The summed E-state index contributed by atoms with van der Waals surface area (Å²) in [6, 6.07) is 6.78. The Morgan fingerprint density at radius 3 is 1.83 bits per heavy atom. The highest BCUT2D eigenvalue weighted by Gasteiger charge is 2.20. The van der Waals surface area contributed by atoms with Crippen LogP contribution in [0.15, 0.2) is 24.3 Å². The molecule has 0 fully saturated rings. The van der Waals surface area contributed by atoms with Crippen LogP contribution < -0.4 is 9.47 Å². The van der Waals surface area contributed by atoms with E-state index in [0.717, 1.165) is 19.3 Å². The summed E-state index contributed by atoms with van der Waals surface area (Å²) >= 11 is 0. The highest BCUT2D eigenvalue weighted by Crippen LogP contribution is 2.27. The van der Waals surface area contributed by atoms with Gasteiger partial charge in [0.2, 0.25) is 0 Å². The molecule has 0 saturated carbocycles. The molecule has 0 aliphatic heterocycles. The van der Waals surface area contributed by atoms with Crippen molar-refractivity contribution >= 4 is 11.9 Å². The lowest BCUT2D eigenvalue weighted by molar-refractivity contribution is -0.162. The first-order valence-corrected chi connectivity index (χ1v) is 11.2. The Bertz CT molecular complexity index is 582. The minimum absolute atomic E-state index is 0.0668. The minimum atomic E-state index is -1.02.